The number of alkyl halides is 9. The highest BCUT2D eigenvalue weighted by atomic mass is 127. The molecule has 1 aliphatic heterocycles. The summed E-state index contributed by atoms with van der Waals surface area (Å²) < 4.78 is 115. The molecule has 1 aromatic carbocycles. The second-order valence-corrected chi connectivity index (χ2v) is 7.00. The number of nitrogens with zero attached hydrogens (tertiary/aromatic N) is 1. The molecule has 28 heavy (non-hydrogen) atoms. The van der Waals surface area contributed by atoms with Gasteiger partial charge in [0.25, 0.3) is 17.5 Å². The van der Waals surface area contributed by atoms with Gasteiger partial charge in [-0.3, -0.25) is 14.5 Å². The molecular formula is C15H7F9INO2. The van der Waals surface area contributed by atoms with Gasteiger partial charge in [0.1, 0.15) is 0 Å². The van der Waals surface area contributed by atoms with E-state index in [1.165, 1.54) is 24.3 Å². The van der Waals surface area contributed by atoms with Crippen molar-refractivity contribution in [3.8, 4) is 0 Å². The summed E-state index contributed by atoms with van der Waals surface area (Å²) in [5, 5.41) is 0. The number of carbonyl (C=O) groups excluding carboxylic acids is 2. The summed E-state index contributed by atoms with van der Waals surface area (Å²) >= 11 is 0.858. The molecule has 0 bridgehead atoms. The van der Waals surface area contributed by atoms with Gasteiger partial charge < -0.3 is 0 Å². The van der Waals surface area contributed by atoms with E-state index in [9.17, 15) is 49.1 Å². The first-order valence-electron chi connectivity index (χ1n) is 7.07. The van der Waals surface area contributed by atoms with Crippen LogP contribution >= 0.6 is 22.6 Å². The van der Waals surface area contributed by atoms with E-state index in [4.69, 9.17) is 0 Å². The zero-order valence-corrected chi connectivity index (χ0v) is 15.3. The number of benzene rings is 1. The molecule has 0 aromatic heterocycles. The molecule has 1 unspecified atom stereocenters. The summed E-state index contributed by atoms with van der Waals surface area (Å²) in [4.78, 5) is 24.5. The van der Waals surface area contributed by atoms with Gasteiger partial charge in [-0.25, -0.2) is 4.39 Å². The van der Waals surface area contributed by atoms with Gasteiger partial charge in [0, 0.05) is 3.58 Å². The Morgan fingerprint density at radius 2 is 1.29 bits per heavy atom. The third kappa shape index (κ3) is 3.48. The molecule has 0 aliphatic carbocycles. The van der Waals surface area contributed by atoms with Crippen molar-refractivity contribution in [3.05, 3.63) is 45.0 Å². The summed E-state index contributed by atoms with van der Waals surface area (Å²) in [5.41, 5.74) is -6.38. The van der Waals surface area contributed by atoms with Crippen molar-refractivity contribution in [2.24, 2.45) is 0 Å². The van der Waals surface area contributed by atoms with Crippen LogP contribution in [0.4, 0.5) is 39.5 Å². The van der Waals surface area contributed by atoms with Crippen LogP contribution < -0.4 is 0 Å². The van der Waals surface area contributed by atoms with Gasteiger partial charge >= 0.3 is 18.3 Å². The Hall–Kier alpha value is -1.80. The van der Waals surface area contributed by atoms with E-state index in [0.29, 0.717) is 4.90 Å². The number of imide groups is 1. The van der Waals surface area contributed by atoms with Gasteiger partial charge in [-0.1, -0.05) is 12.1 Å². The number of allylic oxidation sites excluding steroid dienone is 1. The predicted octanol–water partition coefficient (Wildman–Crippen LogP) is 5.07. The number of fused-ring (bicyclic) bond motifs is 1. The highest BCUT2D eigenvalue weighted by Gasteiger charge is 2.80. The molecule has 1 atom stereocenters. The summed E-state index contributed by atoms with van der Waals surface area (Å²) in [5.74, 6) is -8.83. The van der Waals surface area contributed by atoms with Crippen LogP contribution in [0.25, 0.3) is 0 Å². The van der Waals surface area contributed by atoms with Crippen LogP contribution in [0.1, 0.15) is 20.7 Å². The van der Waals surface area contributed by atoms with Crippen LogP contribution in [-0.2, 0) is 0 Å². The smallest absolute Gasteiger partial charge is 0.269 e. The van der Waals surface area contributed by atoms with Crippen molar-refractivity contribution in [3.63, 3.8) is 0 Å². The molecule has 1 aliphatic rings. The molecule has 0 saturated carbocycles. The van der Waals surface area contributed by atoms with Gasteiger partial charge in [-0.2, -0.15) is 35.1 Å². The molecule has 1 heterocycles. The largest absolute Gasteiger partial charge is 0.457 e. The van der Waals surface area contributed by atoms with Crippen LogP contribution in [0, 0.1) is 0 Å². The van der Waals surface area contributed by atoms with Crippen molar-refractivity contribution < 1.29 is 49.1 Å². The number of halogens is 10. The van der Waals surface area contributed by atoms with E-state index in [2.05, 4.69) is 0 Å². The van der Waals surface area contributed by atoms with E-state index in [0.717, 1.165) is 22.6 Å². The summed E-state index contributed by atoms with van der Waals surface area (Å²) in [6, 6.07) is 5.15. The molecule has 13 heteroatoms. The van der Waals surface area contributed by atoms with Crippen LogP contribution in [0.3, 0.4) is 0 Å². The molecule has 0 saturated heterocycles. The quantitative estimate of drug-likeness (QED) is 0.310. The van der Waals surface area contributed by atoms with E-state index in [1.54, 1.807) is 0 Å². The van der Waals surface area contributed by atoms with Crippen LogP contribution in [-0.4, -0.2) is 47.2 Å². The molecule has 2 rings (SSSR count). The second-order valence-electron chi connectivity index (χ2n) is 5.61. The van der Waals surface area contributed by atoms with Crippen LogP contribution in [0.15, 0.2) is 33.9 Å². The van der Waals surface area contributed by atoms with E-state index in [1.807, 2.05) is 0 Å². The normalized spacial score (nSPS) is 18.4. The molecule has 0 fully saturated rings. The van der Waals surface area contributed by atoms with Gasteiger partial charge in [0.05, 0.1) is 17.7 Å². The number of rotatable bonds is 4. The van der Waals surface area contributed by atoms with Gasteiger partial charge in [0.2, 0.25) is 0 Å². The molecule has 1 aromatic rings. The topological polar surface area (TPSA) is 37.4 Å². The van der Waals surface area contributed by atoms with E-state index < -0.39 is 52.0 Å². The Balaban J connectivity index is 2.42. The summed E-state index contributed by atoms with van der Waals surface area (Å²) in [7, 11) is 0. The maximum atomic E-state index is 14.1. The minimum Gasteiger partial charge on any atom is -0.269 e. The van der Waals surface area contributed by atoms with E-state index >= 15 is 0 Å². The maximum absolute atomic E-state index is 14.1. The van der Waals surface area contributed by atoms with Crippen LogP contribution in [0.5, 0.6) is 0 Å². The molecule has 154 valence electrons. The average Bonchev–Trinajstić information content (AvgIpc) is 2.78. The Bertz CT molecular complexity index is 812. The third-order valence-corrected chi connectivity index (χ3v) is 4.42. The first-order chi connectivity index (χ1) is 12.5. The molecule has 2 amide bonds. The Kier molecular flexibility index (Phi) is 5.55. The minimum atomic E-state index is -6.85. The highest BCUT2D eigenvalue weighted by Crippen LogP contribution is 2.54. The second kappa shape index (κ2) is 6.91. The minimum absolute atomic E-state index is 0.139. The van der Waals surface area contributed by atoms with Gasteiger partial charge in [-0.15, -0.1) is 0 Å². The summed E-state index contributed by atoms with van der Waals surface area (Å²) in [6.45, 7) is -1.12. The SMILES string of the molecule is O=C1c2ccccc2C(=O)N1CC(I)=CC(F)(C(F)(F)F)C(F)(F)C(F)(F)F. The van der Waals surface area contributed by atoms with Crippen molar-refractivity contribution in [2.75, 3.05) is 6.54 Å². The van der Waals surface area contributed by atoms with Crippen molar-refractivity contribution >= 4 is 34.4 Å². The average molecular weight is 531 g/mol. The monoisotopic (exact) mass is 531 g/mol. The standard InChI is InChI=1S/C15H7F9INO2/c16-12(14(19,20)21,13(17,18)15(22,23)24)5-7(25)6-26-10(27)8-3-1-2-4-9(8)11(26)28/h1-5H,6H2. The lowest BCUT2D eigenvalue weighted by molar-refractivity contribution is -0.369. The van der Waals surface area contributed by atoms with Crippen LogP contribution in [0.2, 0.25) is 0 Å². The van der Waals surface area contributed by atoms with Crippen molar-refractivity contribution in [1.82, 2.24) is 4.90 Å². The molecule has 0 radical (unpaired) electrons. The fraction of sp³-hybridized carbons (Fsp3) is 0.333. The number of hydrogen-bond acceptors (Lipinski definition) is 2. The Morgan fingerprint density at radius 3 is 1.64 bits per heavy atom. The van der Waals surface area contributed by atoms with Crippen molar-refractivity contribution in [2.45, 2.75) is 23.9 Å². The number of hydrogen-bond donors (Lipinski definition) is 0. The molecule has 3 nitrogen and oxygen atoms in total. The fourth-order valence-corrected chi connectivity index (χ4v) is 3.12. The number of amides is 2. The first kappa shape index (κ1) is 22.5. The van der Waals surface area contributed by atoms with Crippen molar-refractivity contribution in [1.29, 1.82) is 0 Å². The Morgan fingerprint density at radius 1 is 0.857 bits per heavy atom. The zero-order chi connectivity index (χ0) is 21.7. The lowest BCUT2D eigenvalue weighted by atomic mass is 9.95. The maximum Gasteiger partial charge on any atom is 0.457 e. The highest BCUT2D eigenvalue weighted by molar-refractivity contribution is 14.1. The third-order valence-electron chi connectivity index (χ3n) is 3.77. The lowest BCUT2D eigenvalue weighted by Gasteiger charge is -2.34. The summed E-state index contributed by atoms with van der Waals surface area (Å²) in [6.07, 6.45) is -14.4. The molecular weight excluding hydrogens is 524 g/mol. The number of carbonyl (C=O) groups is 2. The van der Waals surface area contributed by atoms with E-state index in [-0.39, 0.29) is 11.1 Å². The molecule has 0 N–H and O–H groups in total. The zero-order valence-electron chi connectivity index (χ0n) is 13.1. The predicted molar refractivity (Wildman–Crippen MR) is 84.8 cm³/mol. The first-order valence-corrected chi connectivity index (χ1v) is 8.15. The van der Waals surface area contributed by atoms with Gasteiger partial charge in [-0.05, 0) is 40.8 Å². The molecule has 0 spiro atoms. The van der Waals surface area contributed by atoms with Gasteiger partial charge in [0.15, 0.2) is 0 Å². The Labute approximate surface area is 164 Å². The fourth-order valence-electron chi connectivity index (χ4n) is 2.35. The lowest BCUT2D eigenvalue weighted by Crippen LogP contribution is -2.61.